The molecule has 2 atom stereocenters. The summed E-state index contributed by atoms with van der Waals surface area (Å²) in [5.74, 6) is 1.67. The van der Waals surface area contributed by atoms with Crippen LogP contribution in [0.15, 0.2) is 71.9 Å². The summed E-state index contributed by atoms with van der Waals surface area (Å²) in [6.07, 6.45) is 9.56. The standard InChI is InChI=1S/C29H34N8O/c1-21-34-29(35-38-21)23(16-28(22-6-3-2-4-7-22)36-14-12-30-13-15-36)8-5-9-24-18-31-27-11-10-25(17-26(24)27)37-19-32-33-20-37/h2-4,6-7,10-11,17-20,23,28,30-31H,5,8-9,12-16H2,1H3. The lowest BCUT2D eigenvalue weighted by Gasteiger charge is -2.36. The Kier molecular flexibility index (Phi) is 7.28. The summed E-state index contributed by atoms with van der Waals surface area (Å²) in [4.78, 5) is 10.7. The van der Waals surface area contributed by atoms with Crippen molar-refractivity contribution in [3.05, 3.63) is 90.2 Å². The van der Waals surface area contributed by atoms with E-state index in [4.69, 9.17) is 4.52 Å². The van der Waals surface area contributed by atoms with E-state index < -0.39 is 0 Å². The Morgan fingerprint density at radius 2 is 1.84 bits per heavy atom. The molecule has 1 saturated heterocycles. The number of nitrogens with zero attached hydrogens (tertiary/aromatic N) is 6. The molecular weight excluding hydrogens is 476 g/mol. The van der Waals surface area contributed by atoms with E-state index in [-0.39, 0.29) is 5.92 Å². The van der Waals surface area contributed by atoms with E-state index in [0.29, 0.717) is 11.9 Å². The smallest absolute Gasteiger partial charge is 0.223 e. The molecule has 4 heterocycles. The van der Waals surface area contributed by atoms with E-state index >= 15 is 0 Å². The number of aromatic nitrogens is 6. The molecule has 6 rings (SSSR count). The number of H-pyrrole nitrogens is 1. The summed E-state index contributed by atoms with van der Waals surface area (Å²) in [5, 5.41) is 17.0. The predicted octanol–water partition coefficient (Wildman–Crippen LogP) is 4.58. The summed E-state index contributed by atoms with van der Waals surface area (Å²) in [7, 11) is 0. The van der Waals surface area contributed by atoms with Gasteiger partial charge in [0.1, 0.15) is 12.7 Å². The Bertz CT molecular complexity index is 1440. The average molecular weight is 511 g/mol. The van der Waals surface area contributed by atoms with Gasteiger partial charge in [0.2, 0.25) is 5.89 Å². The van der Waals surface area contributed by atoms with Crippen LogP contribution in [0.25, 0.3) is 16.6 Å². The van der Waals surface area contributed by atoms with Crippen molar-refractivity contribution in [3.63, 3.8) is 0 Å². The van der Waals surface area contributed by atoms with Crippen molar-refractivity contribution in [2.24, 2.45) is 0 Å². The number of fused-ring (bicyclic) bond motifs is 1. The Morgan fingerprint density at radius 1 is 1.03 bits per heavy atom. The van der Waals surface area contributed by atoms with Crippen LogP contribution in [0.1, 0.15) is 54.1 Å². The molecule has 0 bridgehead atoms. The highest BCUT2D eigenvalue weighted by atomic mass is 16.5. The van der Waals surface area contributed by atoms with E-state index in [9.17, 15) is 0 Å². The van der Waals surface area contributed by atoms with Gasteiger partial charge < -0.3 is 14.8 Å². The molecule has 0 aliphatic carbocycles. The molecule has 2 N–H and O–H groups in total. The summed E-state index contributed by atoms with van der Waals surface area (Å²) in [6.45, 7) is 6.00. The Morgan fingerprint density at radius 3 is 2.61 bits per heavy atom. The lowest BCUT2D eigenvalue weighted by molar-refractivity contribution is 0.155. The summed E-state index contributed by atoms with van der Waals surface area (Å²) >= 11 is 0. The zero-order chi connectivity index (χ0) is 25.7. The molecule has 2 aromatic carbocycles. The van der Waals surface area contributed by atoms with Crippen molar-refractivity contribution < 1.29 is 4.52 Å². The first-order chi connectivity index (χ1) is 18.7. The van der Waals surface area contributed by atoms with Gasteiger partial charge in [0.25, 0.3) is 0 Å². The predicted molar refractivity (Wildman–Crippen MR) is 146 cm³/mol. The van der Waals surface area contributed by atoms with E-state index in [1.807, 2.05) is 11.5 Å². The van der Waals surface area contributed by atoms with Gasteiger partial charge in [0.05, 0.1) is 0 Å². The lowest BCUT2D eigenvalue weighted by atomic mass is 9.88. The number of piperazine rings is 1. The van der Waals surface area contributed by atoms with Gasteiger partial charge in [0.15, 0.2) is 5.82 Å². The molecule has 0 amide bonds. The minimum atomic E-state index is 0.213. The maximum absolute atomic E-state index is 5.43. The first-order valence-corrected chi connectivity index (χ1v) is 13.5. The molecule has 1 aliphatic heterocycles. The molecule has 9 heteroatoms. The van der Waals surface area contributed by atoms with Gasteiger partial charge in [-0.05, 0) is 55.0 Å². The molecule has 2 unspecified atom stereocenters. The third-order valence-electron chi connectivity index (χ3n) is 7.66. The highest BCUT2D eigenvalue weighted by Gasteiger charge is 2.28. The molecule has 9 nitrogen and oxygen atoms in total. The van der Waals surface area contributed by atoms with Gasteiger partial charge in [-0.15, -0.1) is 10.2 Å². The van der Waals surface area contributed by atoms with Gasteiger partial charge in [-0.2, -0.15) is 4.98 Å². The van der Waals surface area contributed by atoms with Crippen LogP contribution in [-0.2, 0) is 6.42 Å². The van der Waals surface area contributed by atoms with Gasteiger partial charge >= 0.3 is 0 Å². The number of nitrogens with one attached hydrogen (secondary N) is 2. The number of hydrogen-bond donors (Lipinski definition) is 2. The van der Waals surface area contributed by atoms with Crippen molar-refractivity contribution >= 4 is 10.9 Å². The maximum atomic E-state index is 5.43. The molecular formula is C29H34N8O. The van der Waals surface area contributed by atoms with Gasteiger partial charge in [-0.25, -0.2) is 0 Å². The molecule has 5 aromatic rings. The van der Waals surface area contributed by atoms with Gasteiger partial charge in [-0.1, -0.05) is 35.5 Å². The lowest BCUT2D eigenvalue weighted by Crippen LogP contribution is -2.45. The minimum Gasteiger partial charge on any atom is -0.361 e. The van der Waals surface area contributed by atoms with Crippen LogP contribution >= 0.6 is 0 Å². The summed E-state index contributed by atoms with van der Waals surface area (Å²) in [6, 6.07) is 17.6. The molecule has 0 saturated carbocycles. The molecule has 38 heavy (non-hydrogen) atoms. The van der Waals surface area contributed by atoms with Gasteiger partial charge in [-0.3, -0.25) is 9.47 Å². The van der Waals surface area contributed by atoms with E-state index in [1.54, 1.807) is 12.7 Å². The average Bonchev–Trinajstić information content (AvgIpc) is 3.73. The molecule has 0 spiro atoms. The largest absolute Gasteiger partial charge is 0.361 e. The SMILES string of the molecule is Cc1nc(C(CCCc2c[nH]c3ccc(-n4cnnc4)cc23)CC(c2ccccc2)N2CCNCC2)no1. The Hall–Kier alpha value is -3.82. The first-order valence-electron chi connectivity index (χ1n) is 13.5. The monoisotopic (exact) mass is 510 g/mol. The zero-order valence-electron chi connectivity index (χ0n) is 21.8. The quantitative estimate of drug-likeness (QED) is 0.284. The van der Waals surface area contributed by atoms with Crippen molar-refractivity contribution in [2.45, 2.75) is 44.6 Å². The second kappa shape index (κ2) is 11.3. The van der Waals surface area contributed by atoms with Crippen molar-refractivity contribution in [1.29, 1.82) is 0 Å². The second-order valence-corrected chi connectivity index (χ2v) is 10.1. The van der Waals surface area contributed by atoms with Crippen molar-refractivity contribution in [2.75, 3.05) is 26.2 Å². The van der Waals surface area contributed by atoms with Crippen LogP contribution in [0.4, 0.5) is 0 Å². The van der Waals surface area contributed by atoms with E-state index in [2.05, 4.69) is 90.3 Å². The topological polar surface area (TPSA) is 101 Å². The second-order valence-electron chi connectivity index (χ2n) is 10.1. The Balaban J connectivity index is 1.21. The van der Waals surface area contributed by atoms with Crippen LogP contribution in [0.5, 0.6) is 0 Å². The molecule has 1 fully saturated rings. The number of hydrogen-bond acceptors (Lipinski definition) is 7. The molecule has 196 valence electrons. The van der Waals surface area contributed by atoms with Gasteiger partial charge in [0, 0.05) is 67.8 Å². The third-order valence-corrected chi connectivity index (χ3v) is 7.66. The highest BCUT2D eigenvalue weighted by Crippen LogP contribution is 2.35. The van der Waals surface area contributed by atoms with Crippen LogP contribution in [-0.4, -0.2) is 61.0 Å². The fourth-order valence-corrected chi connectivity index (χ4v) is 5.67. The van der Waals surface area contributed by atoms with Crippen molar-refractivity contribution in [1.82, 2.24) is 40.1 Å². The van der Waals surface area contributed by atoms with Crippen molar-refractivity contribution in [3.8, 4) is 5.69 Å². The fraction of sp³-hybridized carbons (Fsp3) is 0.379. The van der Waals surface area contributed by atoms with Crippen LogP contribution in [0.2, 0.25) is 0 Å². The molecule has 1 aliphatic rings. The van der Waals surface area contributed by atoms with Crippen LogP contribution in [0.3, 0.4) is 0 Å². The Labute approximate surface area is 222 Å². The first kappa shape index (κ1) is 24.5. The van der Waals surface area contributed by atoms with E-state index in [0.717, 1.165) is 68.9 Å². The number of rotatable bonds is 10. The zero-order valence-corrected chi connectivity index (χ0v) is 21.8. The van der Waals surface area contributed by atoms with Crippen LogP contribution < -0.4 is 5.32 Å². The molecule has 3 aromatic heterocycles. The number of benzene rings is 2. The number of aryl methyl sites for hydroxylation is 2. The molecule has 0 radical (unpaired) electrons. The summed E-state index contributed by atoms with van der Waals surface area (Å²) < 4.78 is 7.37. The van der Waals surface area contributed by atoms with Crippen LogP contribution in [0, 0.1) is 6.92 Å². The normalized spacial score (nSPS) is 16.1. The van der Waals surface area contributed by atoms with E-state index in [1.165, 1.54) is 16.5 Å². The fourth-order valence-electron chi connectivity index (χ4n) is 5.67. The summed E-state index contributed by atoms with van der Waals surface area (Å²) in [5.41, 5.74) is 4.88. The number of aromatic amines is 1. The third kappa shape index (κ3) is 5.39. The highest BCUT2D eigenvalue weighted by molar-refractivity contribution is 5.85. The maximum Gasteiger partial charge on any atom is 0.223 e. The minimum absolute atomic E-state index is 0.213.